The Kier molecular flexibility index (Phi) is 7.44. The van der Waals surface area contributed by atoms with E-state index >= 15 is 0 Å². The van der Waals surface area contributed by atoms with Crippen LogP contribution in [0.25, 0.3) is 0 Å². The molecular weight excluding hydrogens is 474 g/mol. The Hall–Kier alpha value is -2.37. The van der Waals surface area contributed by atoms with E-state index in [9.17, 15) is 26.8 Å². The smallest absolute Gasteiger partial charge is 0.339 e. The molecule has 29 heavy (non-hydrogen) atoms. The van der Waals surface area contributed by atoms with Gasteiger partial charge in [-0.1, -0.05) is 0 Å². The predicted octanol–water partition coefficient (Wildman–Crippen LogP) is 3.21. The molecule has 0 aliphatic carbocycles. The van der Waals surface area contributed by atoms with Gasteiger partial charge in [-0.2, -0.15) is 0 Å². The van der Waals surface area contributed by atoms with E-state index in [-0.39, 0.29) is 21.0 Å². The molecule has 0 aliphatic rings. The van der Waals surface area contributed by atoms with Gasteiger partial charge in [0.1, 0.15) is 11.6 Å². The summed E-state index contributed by atoms with van der Waals surface area (Å²) in [4.78, 5) is 24.0. The number of anilines is 1. The number of sulfonamides is 1. The molecule has 0 aromatic heterocycles. The number of ether oxygens (including phenoxy) is 1. The second kappa shape index (κ2) is 9.42. The van der Waals surface area contributed by atoms with Crippen molar-refractivity contribution in [1.82, 2.24) is 4.72 Å². The Morgan fingerprint density at radius 2 is 1.83 bits per heavy atom. The van der Waals surface area contributed by atoms with Crippen LogP contribution in [0.4, 0.5) is 14.5 Å². The molecule has 0 saturated carbocycles. The number of nitrogens with one attached hydrogen (secondary N) is 2. The summed E-state index contributed by atoms with van der Waals surface area (Å²) in [6.45, 7) is 2.50. The summed E-state index contributed by atoms with van der Waals surface area (Å²) in [5.41, 5.74) is -0.526. The maximum atomic E-state index is 13.5. The molecule has 0 saturated heterocycles. The third kappa shape index (κ3) is 6.31. The first-order valence-electron chi connectivity index (χ1n) is 8.23. The molecule has 0 fully saturated rings. The molecular formula is C18H17BrF2N2O5S. The minimum absolute atomic E-state index is 0.124. The van der Waals surface area contributed by atoms with Crippen LogP contribution in [0, 0.1) is 11.6 Å². The van der Waals surface area contributed by atoms with Crippen LogP contribution in [0.5, 0.6) is 0 Å². The second-order valence-electron chi connectivity index (χ2n) is 6.17. The van der Waals surface area contributed by atoms with E-state index in [2.05, 4.69) is 26.0 Å². The van der Waals surface area contributed by atoms with Crippen molar-refractivity contribution in [2.45, 2.75) is 24.8 Å². The van der Waals surface area contributed by atoms with Gasteiger partial charge in [0.15, 0.2) is 6.61 Å². The van der Waals surface area contributed by atoms with Crippen LogP contribution in [0.3, 0.4) is 0 Å². The minimum atomic E-state index is -3.85. The van der Waals surface area contributed by atoms with Gasteiger partial charge < -0.3 is 10.1 Å². The summed E-state index contributed by atoms with van der Waals surface area (Å²) in [5.74, 6) is -3.49. The van der Waals surface area contributed by atoms with Gasteiger partial charge >= 0.3 is 5.97 Å². The van der Waals surface area contributed by atoms with Crippen molar-refractivity contribution < 1.29 is 31.5 Å². The topological polar surface area (TPSA) is 102 Å². The van der Waals surface area contributed by atoms with E-state index in [1.54, 1.807) is 13.8 Å². The quantitative estimate of drug-likeness (QED) is 0.580. The molecule has 0 spiro atoms. The Morgan fingerprint density at radius 1 is 1.14 bits per heavy atom. The fourth-order valence-electron chi connectivity index (χ4n) is 2.19. The van der Waals surface area contributed by atoms with Crippen molar-refractivity contribution in [2.24, 2.45) is 0 Å². The number of hydrogen-bond donors (Lipinski definition) is 2. The lowest BCUT2D eigenvalue weighted by molar-refractivity contribution is -0.119. The molecule has 7 nitrogen and oxygen atoms in total. The number of carbonyl (C=O) groups excluding carboxylic acids is 2. The summed E-state index contributed by atoms with van der Waals surface area (Å²) in [7, 11) is -3.85. The van der Waals surface area contributed by atoms with Crippen LogP contribution >= 0.6 is 15.9 Å². The van der Waals surface area contributed by atoms with Gasteiger partial charge in [0.05, 0.1) is 16.1 Å². The number of halogens is 3. The minimum Gasteiger partial charge on any atom is -0.452 e. The molecule has 0 heterocycles. The maximum absolute atomic E-state index is 13.5. The van der Waals surface area contributed by atoms with Crippen LogP contribution < -0.4 is 10.0 Å². The zero-order chi connectivity index (χ0) is 21.8. The van der Waals surface area contributed by atoms with Crippen molar-refractivity contribution in [3.05, 3.63) is 58.1 Å². The molecule has 11 heteroatoms. The number of benzene rings is 2. The Labute approximate surface area is 174 Å². The highest BCUT2D eigenvalue weighted by molar-refractivity contribution is 9.10. The highest BCUT2D eigenvalue weighted by Crippen LogP contribution is 2.22. The third-order valence-electron chi connectivity index (χ3n) is 3.40. The maximum Gasteiger partial charge on any atom is 0.339 e. The summed E-state index contributed by atoms with van der Waals surface area (Å²) in [6, 6.07) is 5.90. The molecule has 2 rings (SSSR count). The number of rotatable bonds is 7. The Balaban J connectivity index is 2.09. The van der Waals surface area contributed by atoms with E-state index in [4.69, 9.17) is 4.74 Å². The van der Waals surface area contributed by atoms with Gasteiger partial charge in [-0.15, -0.1) is 0 Å². The van der Waals surface area contributed by atoms with Crippen LogP contribution in [0.15, 0.2) is 45.8 Å². The standard InChI is InChI=1S/C18H17BrF2N2O5S/c1-10(2)23-29(26,27)12-4-5-14(19)13(8-12)18(25)28-9-17(24)22-16-7-11(20)3-6-15(16)21/h3-8,10,23H,9H2,1-2H3,(H,22,24). The molecule has 1 amide bonds. The van der Waals surface area contributed by atoms with Gasteiger partial charge in [0, 0.05) is 16.6 Å². The molecule has 0 unspecified atom stereocenters. The predicted molar refractivity (Wildman–Crippen MR) is 105 cm³/mol. The number of esters is 1. The van der Waals surface area contributed by atoms with Crippen molar-refractivity contribution in [2.75, 3.05) is 11.9 Å². The SMILES string of the molecule is CC(C)NS(=O)(=O)c1ccc(Br)c(C(=O)OCC(=O)Nc2cc(F)ccc2F)c1. The molecule has 156 valence electrons. The average molecular weight is 491 g/mol. The van der Waals surface area contributed by atoms with Gasteiger partial charge in [-0.05, 0) is 60.1 Å². The Bertz CT molecular complexity index is 1040. The van der Waals surface area contributed by atoms with Crippen LogP contribution in [0.2, 0.25) is 0 Å². The van der Waals surface area contributed by atoms with Gasteiger partial charge in [0.2, 0.25) is 10.0 Å². The summed E-state index contributed by atoms with van der Waals surface area (Å²) in [6.07, 6.45) is 0. The lowest BCUT2D eigenvalue weighted by atomic mass is 10.2. The molecule has 0 bridgehead atoms. The largest absolute Gasteiger partial charge is 0.452 e. The number of amides is 1. The molecule has 2 aromatic rings. The fourth-order valence-corrected chi connectivity index (χ4v) is 3.88. The summed E-state index contributed by atoms with van der Waals surface area (Å²) < 4.78 is 58.6. The first kappa shape index (κ1) is 22.9. The highest BCUT2D eigenvalue weighted by Gasteiger charge is 2.21. The number of hydrogen-bond acceptors (Lipinski definition) is 5. The van der Waals surface area contributed by atoms with E-state index in [1.807, 2.05) is 0 Å². The van der Waals surface area contributed by atoms with E-state index < -0.39 is 45.8 Å². The highest BCUT2D eigenvalue weighted by atomic mass is 79.9. The zero-order valence-electron chi connectivity index (χ0n) is 15.3. The van der Waals surface area contributed by atoms with Crippen LogP contribution in [0.1, 0.15) is 24.2 Å². The van der Waals surface area contributed by atoms with Crippen LogP contribution in [-0.4, -0.2) is 32.9 Å². The first-order valence-corrected chi connectivity index (χ1v) is 10.5. The van der Waals surface area contributed by atoms with Crippen molar-refractivity contribution >= 4 is 43.5 Å². The molecule has 0 radical (unpaired) electrons. The Morgan fingerprint density at radius 3 is 2.48 bits per heavy atom. The average Bonchev–Trinajstić information content (AvgIpc) is 2.62. The van der Waals surface area contributed by atoms with E-state index in [0.717, 1.165) is 24.3 Å². The molecule has 0 atom stereocenters. The lowest BCUT2D eigenvalue weighted by Crippen LogP contribution is -2.30. The first-order chi connectivity index (χ1) is 13.5. The van der Waals surface area contributed by atoms with Gasteiger partial charge in [0.25, 0.3) is 5.91 Å². The summed E-state index contributed by atoms with van der Waals surface area (Å²) in [5, 5.41) is 2.08. The van der Waals surface area contributed by atoms with Gasteiger partial charge in [-0.25, -0.2) is 26.7 Å². The second-order valence-corrected chi connectivity index (χ2v) is 8.73. The van der Waals surface area contributed by atoms with E-state index in [1.165, 1.54) is 12.1 Å². The monoisotopic (exact) mass is 490 g/mol. The fraction of sp³-hybridized carbons (Fsp3) is 0.222. The van der Waals surface area contributed by atoms with Crippen molar-refractivity contribution in [3.63, 3.8) is 0 Å². The number of carbonyl (C=O) groups is 2. The zero-order valence-corrected chi connectivity index (χ0v) is 17.7. The van der Waals surface area contributed by atoms with Crippen molar-refractivity contribution in [3.8, 4) is 0 Å². The molecule has 2 N–H and O–H groups in total. The van der Waals surface area contributed by atoms with E-state index in [0.29, 0.717) is 0 Å². The third-order valence-corrected chi connectivity index (χ3v) is 5.74. The van der Waals surface area contributed by atoms with Gasteiger partial charge in [-0.3, -0.25) is 4.79 Å². The van der Waals surface area contributed by atoms with Crippen LogP contribution in [-0.2, 0) is 19.6 Å². The molecule has 2 aromatic carbocycles. The molecule has 0 aliphatic heterocycles. The normalized spacial score (nSPS) is 11.4. The summed E-state index contributed by atoms with van der Waals surface area (Å²) >= 11 is 3.12. The lowest BCUT2D eigenvalue weighted by Gasteiger charge is -2.12. The van der Waals surface area contributed by atoms with Crippen molar-refractivity contribution in [1.29, 1.82) is 0 Å².